The Labute approximate surface area is 387 Å². The Morgan fingerprint density at radius 1 is 0.349 bits per heavy atom. The van der Waals surface area contributed by atoms with Crippen molar-refractivity contribution in [2.45, 2.75) is 219 Å². The van der Waals surface area contributed by atoms with E-state index in [4.69, 9.17) is 14.2 Å². The van der Waals surface area contributed by atoms with Gasteiger partial charge in [-0.1, -0.05) is 220 Å². The summed E-state index contributed by atoms with van der Waals surface area (Å²) in [5.74, 6) is -1.07. The molecule has 0 saturated heterocycles. The maximum atomic E-state index is 12.7. The molecular formula is C57H92O6. The van der Waals surface area contributed by atoms with Crippen LogP contribution in [0.3, 0.4) is 0 Å². The highest BCUT2D eigenvalue weighted by Gasteiger charge is 2.19. The fraction of sp³-hybridized carbons (Fsp3) is 0.632. The summed E-state index contributed by atoms with van der Waals surface area (Å²) in [4.78, 5) is 37.9. The van der Waals surface area contributed by atoms with E-state index in [9.17, 15) is 14.4 Å². The number of allylic oxidation sites excluding steroid dienone is 17. The third-order valence-electron chi connectivity index (χ3n) is 10.3. The summed E-state index contributed by atoms with van der Waals surface area (Å²) in [7, 11) is 0. The molecule has 0 rings (SSSR count). The van der Waals surface area contributed by atoms with Crippen molar-refractivity contribution in [2.75, 3.05) is 13.2 Å². The molecule has 356 valence electrons. The quantitative estimate of drug-likeness (QED) is 0.0263. The Kier molecular flexibility index (Phi) is 47.5. The van der Waals surface area contributed by atoms with Crippen molar-refractivity contribution in [1.29, 1.82) is 0 Å². The second-order valence-electron chi connectivity index (χ2n) is 16.3. The van der Waals surface area contributed by atoms with Crippen LogP contribution in [0.5, 0.6) is 0 Å². The number of hydrogen-bond donors (Lipinski definition) is 0. The molecule has 0 aromatic rings. The van der Waals surface area contributed by atoms with E-state index >= 15 is 0 Å². The molecule has 0 aliphatic rings. The average Bonchev–Trinajstić information content (AvgIpc) is 3.28. The summed E-state index contributed by atoms with van der Waals surface area (Å²) in [5.41, 5.74) is 0. The van der Waals surface area contributed by atoms with Gasteiger partial charge in [0.2, 0.25) is 0 Å². The topological polar surface area (TPSA) is 78.9 Å². The van der Waals surface area contributed by atoms with Crippen LogP contribution in [0.2, 0.25) is 0 Å². The number of unbranched alkanes of at least 4 members (excludes halogenated alkanes) is 16. The van der Waals surface area contributed by atoms with Gasteiger partial charge in [0.05, 0.1) is 6.42 Å². The van der Waals surface area contributed by atoms with Gasteiger partial charge in [-0.2, -0.15) is 0 Å². The van der Waals surface area contributed by atoms with Crippen LogP contribution in [0, 0.1) is 0 Å². The number of carbonyl (C=O) groups is 3. The number of carbonyl (C=O) groups excluding carboxylic acids is 3. The number of ether oxygens (including phenoxy) is 3. The molecule has 0 aliphatic heterocycles. The summed E-state index contributed by atoms with van der Waals surface area (Å²) >= 11 is 0. The van der Waals surface area contributed by atoms with Crippen LogP contribution in [0.1, 0.15) is 213 Å². The van der Waals surface area contributed by atoms with E-state index in [1.165, 1.54) is 64.2 Å². The molecule has 0 fully saturated rings. The number of rotatable bonds is 44. The van der Waals surface area contributed by atoms with Crippen LogP contribution in [0.15, 0.2) is 109 Å². The van der Waals surface area contributed by atoms with Crippen molar-refractivity contribution in [3.05, 3.63) is 109 Å². The Morgan fingerprint density at radius 3 is 1.05 bits per heavy atom. The van der Waals surface area contributed by atoms with E-state index in [-0.39, 0.29) is 31.6 Å². The maximum Gasteiger partial charge on any atom is 0.310 e. The van der Waals surface area contributed by atoms with E-state index in [1.807, 2.05) is 6.08 Å². The van der Waals surface area contributed by atoms with Crippen LogP contribution in [0.25, 0.3) is 0 Å². The maximum absolute atomic E-state index is 12.7. The Balaban J connectivity index is 4.51. The van der Waals surface area contributed by atoms with Gasteiger partial charge in [-0.3, -0.25) is 14.4 Å². The van der Waals surface area contributed by atoms with Gasteiger partial charge in [-0.05, 0) is 83.5 Å². The summed E-state index contributed by atoms with van der Waals surface area (Å²) in [6, 6.07) is 0. The predicted octanol–water partition coefficient (Wildman–Crippen LogP) is 16.8. The number of esters is 3. The van der Waals surface area contributed by atoms with E-state index < -0.39 is 12.1 Å². The van der Waals surface area contributed by atoms with Gasteiger partial charge in [-0.25, -0.2) is 0 Å². The molecular weight excluding hydrogens is 781 g/mol. The van der Waals surface area contributed by atoms with Crippen LogP contribution in [-0.4, -0.2) is 37.2 Å². The zero-order chi connectivity index (χ0) is 45.8. The average molecular weight is 873 g/mol. The lowest BCUT2D eigenvalue weighted by Gasteiger charge is -2.18. The molecule has 0 N–H and O–H groups in total. The smallest absolute Gasteiger partial charge is 0.310 e. The molecule has 1 unspecified atom stereocenters. The predicted molar refractivity (Wildman–Crippen MR) is 270 cm³/mol. The van der Waals surface area contributed by atoms with E-state index in [2.05, 4.69) is 118 Å². The Hall–Kier alpha value is -3.93. The summed E-state index contributed by atoms with van der Waals surface area (Å²) in [5, 5.41) is 0. The fourth-order valence-corrected chi connectivity index (χ4v) is 6.57. The molecule has 6 heteroatoms. The van der Waals surface area contributed by atoms with Crippen molar-refractivity contribution in [3.63, 3.8) is 0 Å². The first-order chi connectivity index (χ1) is 31.0. The lowest BCUT2D eigenvalue weighted by molar-refractivity contribution is -0.166. The van der Waals surface area contributed by atoms with Crippen molar-refractivity contribution < 1.29 is 28.6 Å². The Morgan fingerprint density at radius 2 is 0.667 bits per heavy atom. The summed E-state index contributed by atoms with van der Waals surface area (Å²) in [6.07, 6.45) is 68.1. The van der Waals surface area contributed by atoms with Crippen LogP contribution in [-0.2, 0) is 28.6 Å². The molecule has 6 nitrogen and oxygen atoms in total. The third-order valence-corrected chi connectivity index (χ3v) is 10.3. The molecule has 0 spiro atoms. The first kappa shape index (κ1) is 59.1. The van der Waals surface area contributed by atoms with Crippen molar-refractivity contribution in [1.82, 2.24) is 0 Å². The minimum atomic E-state index is -0.837. The van der Waals surface area contributed by atoms with Crippen molar-refractivity contribution in [2.24, 2.45) is 0 Å². The largest absolute Gasteiger partial charge is 0.462 e. The molecule has 0 aliphatic carbocycles. The number of hydrogen-bond acceptors (Lipinski definition) is 6. The molecule has 0 radical (unpaired) electrons. The first-order valence-corrected chi connectivity index (χ1v) is 25.4. The molecule has 1 atom stereocenters. The molecule has 0 aromatic heterocycles. The lowest BCUT2D eigenvalue weighted by atomic mass is 10.1. The Bertz CT molecular complexity index is 1330. The minimum Gasteiger partial charge on any atom is -0.462 e. The van der Waals surface area contributed by atoms with Crippen molar-refractivity contribution in [3.8, 4) is 0 Å². The molecule has 0 saturated carbocycles. The molecule has 0 bridgehead atoms. The lowest BCUT2D eigenvalue weighted by Crippen LogP contribution is -2.30. The SMILES string of the molecule is CC/C=C\C/C=C\C/C=C\C/C=C\C/C=C\CC(=O)OC(COC(=O)CCCCCCCC/C=C\C/C=C\C/C=C\C/C=C\CC)COC(=O)CCCCCCCCCCCCC. The molecule has 0 aromatic carbocycles. The minimum absolute atomic E-state index is 0.0914. The highest BCUT2D eigenvalue weighted by Crippen LogP contribution is 2.13. The summed E-state index contributed by atoms with van der Waals surface area (Å²) in [6.45, 7) is 6.29. The highest BCUT2D eigenvalue weighted by molar-refractivity contribution is 5.72. The van der Waals surface area contributed by atoms with Crippen LogP contribution < -0.4 is 0 Å². The summed E-state index contributed by atoms with van der Waals surface area (Å²) < 4.78 is 16.7. The second-order valence-corrected chi connectivity index (χ2v) is 16.3. The van der Waals surface area contributed by atoms with Crippen molar-refractivity contribution >= 4 is 17.9 Å². The molecule has 0 heterocycles. The normalized spacial score (nSPS) is 13.0. The van der Waals surface area contributed by atoms with Gasteiger partial charge in [0.1, 0.15) is 13.2 Å². The zero-order valence-corrected chi connectivity index (χ0v) is 40.5. The second kappa shape index (κ2) is 50.7. The zero-order valence-electron chi connectivity index (χ0n) is 40.5. The van der Waals surface area contributed by atoms with E-state index in [0.717, 1.165) is 103 Å². The van der Waals surface area contributed by atoms with Gasteiger partial charge >= 0.3 is 17.9 Å². The van der Waals surface area contributed by atoms with Gasteiger partial charge < -0.3 is 14.2 Å². The standard InChI is InChI=1S/C57H92O6/c1-4-7-10-13-16-19-22-24-26-27-28-29-31-32-35-38-41-44-47-50-56(59)62-53-54(52-61-55(58)49-46-43-40-37-34-21-18-15-12-9-6-3)63-57(60)51-48-45-42-39-36-33-30-25-23-20-17-14-11-8-5-2/h7-8,10-11,16-17,19-20,24-26,28-30,36,39,45,48,54H,4-6,9,12-15,18,21-23,27,31-35,37-38,40-44,46-47,49-53H2,1-3H3/b10-7-,11-8-,19-16-,20-17-,26-24-,29-28-,30-25-,39-36-,48-45-. The highest BCUT2D eigenvalue weighted by atomic mass is 16.6. The fourth-order valence-electron chi connectivity index (χ4n) is 6.57. The van der Waals surface area contributed by atoms with Crippen LogP contribution in [0.4, 0.5) is 0 Å². The first-order valence-electron chi connectivity index (χ1n) is 25.4. The van der Waals surface area contributed by atoms with Gasteiger partial charge in [0.25, 0.3) is 0 Å². The molecule has 0 amide bonds. The van der Waals surface area contributed by atoms with E-state index in [1.54, 1.807) is 6.08 Å². The molecule has 63 heavy (non-hydrogen) atoms. The van der Waals surface area contributed by atoms with E-state index in [0.29, 0.717) is 19.3 Å². The van der Waals surface area contributed by atoms with Crippen LogP contribution >= 0.6 is 0 Å². The third kappa shape index (κ3) is 49.0. The monoisotopic (exact) mass is 873 g/mol. The van der Waals surface area contributed by atoms with Gasteiger partial charge in [0, 0.05) is 12.8 Å². The van der Waals surface area contributed by atoms with Gasteiger partial charge in [-0.15, -0.1) is 0 Å². The van der Waals surface area contributed by atoms with Gasteiger partial charge in [0.15, 0.2) is 6.10 Å².